The van der Waals surface area contributed by atoms with Crippen molar-refractivity contribution < 1.29 is 14.3 Å². The normalized spacial score (nSPS) is 21.5. The zero-order valence-electron chi connectivity index (χ0n) is 16.8. The lowest BCUT2D eigenvalue weighted by Gasteiger charge is -2.39. The van der Waals surface area contributed by atoms with Gasteiger partial charge in [-0.25, -0.2) is 9.80 Å². The van der Waals surface area contributed by atoms with Gasteiger partial charge in [0.05, 0.1) is 12.3 Å². The highest BCUT2D eigenvalue weighted by Crippen LogP contribution is 2.59. The molecule has 0 bridgehead atoms. The summed E-state index contributed by atoms with van der Waals surface area (Å²) in [4.78, 5) is 27.5. The maximum Gasteiger partial charge on any atom is 0.346 e. The first-order valence-corrected chi connectivity index (χ1v) is 11.0. The van der Waals surface area contributed by atoms with Gasteiger partial charge in [0.15, 0.2) is 10.8 Å². The lowest BCUT2D eigenvalue weighted by molar-refractivity contribution is -0.137. The van der Waals surface area contributed by atoms with Gasteiger partial charge in [0.2, 0.25) is 4.33 Å². The van der Waals surface area contributed by atoms with E-state index in [1.807, 2.05) is 43.2 Å². The third kappa shape index (κ3) is 3.55. The van der Waals surface area contributed by atoms with Gasteiger partial charge >= 0.3 is 5.97 Å². The number of benzene rings is 1. The molecule has 1 aromatic carbocycles. The summed E-state index contributed by atoms with van der Waals surface area (Å²) in [6.07, 6.45) is 1.64. The van der Waals surface area contributed by atoms with Gasteiger partial charge in [0.25, 0.3) is 0 Å². The Labute approximate surface area is 174 Å². The van der Waals surface area contributed by atoms with Crippen molar-refractivity contribution in [3.05, 3.63) is 40.4 Å². The molecule has 2 aliphatic rings. The predicted molar refractivity (Wildman–Crippen MR) is 116 cm³/mol. The standard InChI is InChI=1S/C20H25N3O3S2/c1-6-8-16-17(19(25)26-7-2)27-20(22(16)5)23(21-18(28-20)14(4)24)15-11-9-13(3)10-12-15/h9-12H,6-8H2,1-5H3/t20-/m0/s1. The van der Waals surface area contributed by atoms with Crippen molar-refractivity contribution in [2.75, 3.05) is 18.7 Å². The number of Topliss-reactive ketones (excluding diaryl/α,β-unsaturated/α-hetero) is 1. The fourth-order valence-corrected chi connectivity index (χ4v) is 6.02. The van der Waals surface area contributed by atoms with Crippen LogP contribution in [0.25, 0.3) is 0 Å². The average molecular weight is 420 g/mol. The Kier molecular flexibility index (Phi) is 6.09. The number of thioether (sulfide) groups is 2. The molecule has 0 fully saturated rings. The number of esters is 1. The summed E-state index contributed by atoms with van der Waals surface area (Å²) < 4.78 is 4.55. The van der Waals surface area contributed by atoms with Gasteiger partial charge in [-0.15, -0.1) is 0 Å². The molecule has 0 saturated carbocycles. The number of nitrogens with zero attached hydrogens (tertiary/aromatic N) is 3. The molecule has 2 aliphatic heterocycles. The van der Waals surface area contributed by atoms with Crippen LogP contribution in [0.5, 0.6) is 0 Å². The maximum atomic E-state index is 12.7. The number of aryl methyl sites for hydroxylation is 1. The van der Waals surface area contributed by atoms with Crippen molar-refractivity contribution in [1.29, 1.82) is 0 Å². The van der Waals surface area contributed by atoms with Gasteiger partial charge in [0, 0.05) is 19.7 Å². The summed E-state index contributed by atoms with van der Waals surface area (Å²) in [5, 5.41) is 6.91. The molecule has 0 aliphatic carbocycles. The van der Waals surface area contributed by atoms with E-state index in [-0.39, 0.29) is 11.8 Å². The Balaban J connectivity index is 2.06. The molecule has 0 radical (unpaired) electrons. The predicted octanol–water partition coefficient (Wildman–Crippen LogP) is 4.32. The summed E-state index contributed by atoms with van der Waals surface area (Å²) in [6, 6.07) is 8.00. The number of rotatable bonds is 6. The molecule has 1 spiro atoms. The second kappa shape index (κ2) is 8.21. The first kappa shape index (κ1) is 20.8. The Morgan fingerprint density at radius 2 is 1.86 bits per heavy atom. The van der Waals surface area contributed by atoms with Gasteiger partial charge in [-0.05, 0) is 44.2 Å². The van der Waals surface area contributed by atoms with Crippen LogP contribution >= 0.6 is 23.5 Å². The van der Waals surface area contributed by atoms with E-state index >= 15 is 0 Å². The Hall–Kier alpha value is -1.93. The Morgan fingerprint density at radius 3 is 2.43 bits per heavy atom. The first-order chi connectivity index (χ1) is 13.3. The van der Waals surface area contributed by atoms with Crippen LogP contribution in [0.4, 0.5) is 5.69 Å². The highest BCUT2D eigenvalue weighted by Gasteiger charge is 2.56. The van der Waals surface area contributed by atoms with E-state index in [2.05, 4.69) is 16.9 Å². The van der Waals surface area contributed by atoms with Gasteiger partial charge < -0.3 is 9.64 Å². The molecule has 1 aromatic rings. The summed E-state index contributed by atoms with van der Waals surface area (Å²) >= 11 is 2.78. The molecule has 6 nitrogen and oxygen atoms in total. The molecular formula is C20H25N3O3S2. The van der Waals surface area contributed by atoms with Crippen LogP contribution in [-0.2, 0) is 14.3 Å². The van der Waals surface area contributed by atoms with Crippen molar-refractivity contribution in [2.45, 2.75) is 44.9 Å². The molecule has 1 atom stereocenters. The maximum absolute atomic E-state index is 12.7. The van der Waals surface area contributed by atoms with Gasteiger partial charge in [-0.2, -0.15) is 5.10 Å². The molecule has 0 aromatic heterocycles. The van der Waals surface area contributed by atoms with Gasteiger partial charge in [0.1, 0.15) is 4.91 Å². The number of carbonyl (C=O) groups excluding carboxylic acids is 2. The van der Waals surface area contributed by atoms with E-state index in [4.69, 9.17) is 4.74 Å². The first-order valence-electron chi connectivity index (χ1n) is 9.32. The average Bonchev–Trinajstić information content (AvgIpc) is 3.17. The molecular weight excluding hydrogens is 394 g/mol. The van der Waals surface area contributed by atoms with Crippen LogP contribution in [0.15, 0.2) is 40.0 Å². The topological polar surface area (TPSA) is 62.2 Å². The van der Waals surface area contributed by atoms with Crippen molar-refractivity contribution >= 4 is 46.0 Å². The minimum atomic E-state index is -0.761. The lowest BCUT2D eigenvalue weighted by atomic mass is 10.2. The number of carbonyl (C=O) groups is 2. The van der Waals surface area contributed by atoms with Gasteiger partial charge in [-0.3, -0.25) is 4.79 Å². The summed E-state index contributed by atoms with van der Waals surface area (Å²) in [5.41, 5.74) is 2.94. The van der Waals surface area contributed by atoms with E-state index in [1.165, 1.54) is 30.4 Å². The summed E-state index contributed by atoms with van der Waals surface area (Å²) in [7, 11) is 1.96. The van der Waals surface area contributed by atoms with E-state index in [0.29, 0.717) is 16.6 Å². The highest BCUT2D eigenvalue weighted by atomic mass is 32.2. The molecule has 28 heavy (non-hydrogen) atoms. The SMILES string of the molecule is CCCC1=C(C(=O)OCC)S[C@]2(SC(C(C)=O)=NN2c2ccc(C)cc2)N1C. The quantitative estimate of drug-likeness (QED) is 0.637. The van der Waals surface area contributed by atoms with E-state index in [0.717, 1.165) is 29.8 Å². The van der Waals surface area contributed by atoms with Crippen LogP contribution < -0.4 is 5.01 Å². The van der Waals surface area contributed by atoms with Crippen molar-refractivity contribution in [3.63, 3.8) is 0 Å². The van der Waals surface area contributed by atoms with Crippen LogP contribution in [-0.4, -0.2) is 39.7 Å². The van der Waals surface area contributed by atoms with E-state index < -0.39 is 4.33 Å². The number of anilines is 1. The Bertz CT molecular complexity index is 851. The lowest BCUT2D eigenvalue weighted by Crippen LogP contribution is -2.47. The van der Waals surface area contributed by atoms with Gasteiger partial charge in [-0.1, -0.05) is 42.8 Å². The summed E-state index contributed by atoms with van der Waals surface area (Å²) in [6.45, 7) is 7.75. The van der Waals surface area contributed by atoms with Crippen LogP contribution in [0.2, 0.25) is 0 Å². The molecule has 2 heterocycles. The minimum absolute atomic E-state index is 0.0883. The molecule has 150 valence electrons. The third-order valence-corrected chi connectivity index (χ3v) is 7.64. The molecule has 8 heteroatoms. The van der Waals surface area contributed by atoms with Crippen molar-refractivity contribution in [2.24, 2.45) is 5.10 Å². The molecule has 0 amide bonds. The van der Waals surface area contributed by atoms with Crippen molar-refractivity contribution in [3.8, 4) is 0 Å². The minimum Gasteiger partial charge on any atom is -0.462 e. The number of ether oxygens (including phenoxy) is 1. The van der Waals surface area contributed by atoms with Crippen LogP contribution in [0, 0.1) is 6.92 Å². The molecule has 0 saturated heterocycles. The van der Waals surface area contributed by atoms with Crippen molar-refractivity contribution in [1.82, 2.24) is 4.90 Å². The fraction of sp³-hybridized carbons (Fsp3) is 0.450. The molecule has 0 N–H and O–H groups in total. The second-order valence-corrected chi connectivity index (χ2v) is 9.27. The molecule has 0 unspecified atom stereocenters. The smallest absolute Gasteiger partial charge is 0.346 e. The number of hydrazone groups is 1. The number of hydrogen-bond donors (Lipinski definition) is 0. The monoisotopic (exact) mass is 419 g/mol. The van der Waals surface area contributed by atoms with Crippen LogP contribution in [0.1, 0.15) is 39.2 Å². The van der Waals surface area contributed by atoms with Crippen LogP contribution in [0.3, 0.4) is 0 Å². The molecule has 3 rings (SSSR count). The highest BCUT2D eigenvalue weighted by molar-refractivity contribution is 8.28. The number of ketones is 1. The van der Waals surface area contributed by atoms with E-state index in [1.54, 1.807) is 6.92 Å². The fourth-order valence-electron chi connectivity index (χ4n) is 3.12. The van der Waals surface area contributed by atoms with E-state index in [9.17, 15) is 9.59 Å². The second-order valence-electron chi connectivity index (χ2n) is 6.67. The number of allylic oxidation sites excluding steroid dienone is 1. The Morgan fingerprint density at radius 1 is 1.18 bits per heavy atom. The largest absolute Gasteiger partial charge is 0.462 e. The number of hydrogen-bond acceptors (Lipinski definition) is 8. The third-order valence-electron chi connectivity index (χ3n) is 4.54. The zero-order chi connectivity index (χ0) is 20.5. The summed E-state index contributed by atoms with van der Waals surface area (Å²) in [5.74, 6) is -0.407. The zero-order valence-corrected chi connectivity index (χ0v) is 18.4.